The molecule has 0 spiro atoms. The van der Waals surface area contributed by atoms with Gasteiger partial charge in [-0.2, -0.15) is 0 Å². The maximum Gasteiger partial charge on any atom is 0.314 e. The van der Waals surface area contributed by atoms with Gasteiger partial charge in [0.1, 0.15) is 6.17 Å². The molecular weight excluding hydrogens is 234 g/mol. The average Bonchev–Trinajstić information content (AvgIpc) is 2.67. The van der Waals surface area contributed by atoms with E-state index in [0.29, 0.717) is 5.56 Å². The lowest BCUT2D eigenvalue weighted by Crippen LogP contribution is -2.45. The largest absolute Gasteiger partial charge is 0.352 e. The van der Waals surface area contributed by atoms with Crippen molar-refractivity contribution in [2.75, 3.05) is 0 Å². The SMILES string of the molecule is NC(=O)NC(c1ccccc1)N1C(=O)CCC1=O. The monoisotopic (exact) mass is 247 g/mol. The van der Waals surface area contributed by atoms with Gasteiger partial charge in [-0.15, -0.1) is 0 Å². The molecule has 1 aromatic carbocycles. The minimum atomic E-state index is -0.828. The van der Waals surface area contributed by atoms with Gasteiger partial charge in [0.15, 0.2) is 0 Å². The van der Waals surface area contributed by atoms with Gasteiger partial charge in [0.05, 0.1) is 0 Å². The number of amides is 4. The summed E-state index contributed by atoms with van der Waals surface area (Å²) in [7, 11) is 0. The van der Waals surface area contributed by atoms with Gasteiger partial charge in [-0.05, 0) is 5.56 Å². The van der Waals surface area contributed by atoms with E-state index in [1.54, 1.807) is 30.3 Å². The first-order valence-corrected chi connectivity index (χ1v) is 5.55. The second-order valence-corrected chi connectivity index (χ2v) is 3.98. The molecule has 1 fully saturated rings. The zero-order valence-corrected chi connectivity index (χ0v) is 9.63. The number of likely N-dealkylation sites (tertiary alicyclic amines) is 1. The summed E-state index contributed by atoms with van der Waals surface area (Å²) < 4.78 is 0. The fourth-order valence-electron chi connectivity index (χ4n) is 1.95. The van der Waals surface area contributed by atoms with Crippen LogP contribution in [-0.2, 0) is 9.59 Å². The van der Waals surface area contributed by atoms with Crippen molar-refractivity contribution in [2.24, 2.45) is 5.73 Å². The van der Waals surface area contributed by atoms with E-state index in [1.807, 2.05) is 0 Å². The molecule has 1 aromatic rings. The first-order chi connectivity index (χ1) is 8.59. The highest BCUT2D eigenvalue weighted by molar-refractivity contribution is 6.02. The van der Waals surface area contributed by atoms with Gasteiger partial charge in [0.25, 0.3) is 0 Å². The fourth-order valence-corrected chi connectivity index (χ4v) is 1.95. The Morgan fingerprint density at radius 2 is 1.72 bits per heavy atom. The van der Waals surface area contributed by atoms with E-state index < -0.39 is 12.2 Å². The van der Waals surface area contributed by atoms with Crippen molar-refractivity contribution in [3.05, 3.63) is 35.9 Å². The molecule has 94 valence electrons. The summed E-state index contributed by atoms with van der Waals surface area (Å²) in [5.41, 5.74) is 5.73. The molecule has 3 N–H and O–H groups in total. The van der Waals surface area contributed by atoms with Crippen molar-refractivity contribution in [2.45, 2.75) is 19.0 Å². The van der Waals surface area contributed by atoms with Crippen LogP contribution < -0.4 is 11.1 Å². The van der Waals surface area contributed by atoms with Crippen LogP contribution in [0.2, 0.25) is 0 Å². The van der Waals surface area contributed by atoms with Crippen molar-refractivity contribution < 1.29 is 14.4 Å². The van der Waals surface area contributed by atoms with E-state index in [2.05, 4.69) is 5.32 Å². The third-order valence-electron chi connectivity index (χ3n) is 2.74. The molecular formula is C12H13N3O3. The zero-order valence-electron chi connectivity index (χ0n) is 9.63. The summed E-state index contributed by atoms with van der Waals surface area (Å²) in [6.07, 6.45) is -0.489. The Labute approximate surface area is 104 Å². The Kier molecular flexibility index (Phi) is 3.27. The molecule has 6 heteroatoms. The third-order valence-corrected chi connectivity index (χ3v) is 2.74. The number of carbonyl (C=O) groups excluding carboxylic acids is 3. The number of benzene rings is 1. The molecule has 1 unspecified atom stereocenters. The van der Waals surface area contributed by atoms with E-state index in [1.165, 1.54) is 0 Å². The Morgan fingerprint density at radius 1 is 1.17 bits per heavy atom. The van der Waals surface area contributed by atoms with Crippen LogP contribution in [0.3, 0.4) is 0 Å². The number of nitrogens with zero attached hydrogens (tertiary/aromatic N) is 1. The molecule has 1 saturated heterocycles. The van der Waals surface area contributed by atoms with Gasteiger partial charge >= 0.3 is 6.03 Å². The Hall–Kier alpha value is -2.37. The lowest BCUT2D eigenvalue weighted by atomic mass is 10.1. The molecule has 0 bridgehead atoms. The van der Waals surface area contributed by atoms with Gasteiger partial charge in [-0.1, -0.05) is 30.3 Å². The number of nitrogens with two attached hydrogens (primary N) is 1. The molecule has 18 heavy (non-hydrogen) atoms. The van der Waals surface area contributed by atoms with Crippen LogP contribution >= 0.6 is 0 Å². The van der Waals surface area contributed by atoms with E-state index in [0.717, 1.165) is 4.90 Å². The quantitative estimate of drug-likeness (QED) is 0.762. The maximum absolute atomic E-state index is 11.7. The summed E-state index contributed by atoms with van der Waals surface area (Å²) in [5.74, 6) is -0.606. The predicted molar refractivity (Wildman–Crippen MR) is 63.0 cm³/mol. The summed E-state index contributed by atoms with van der Waals surface area (Å²) in [6.45, 7) is 0. The van der Waals surface area contributed by atoms with E-state index >= 15 is 0 Å². The number of nitrogens with one attached hydrogen (secondary N) is 1. The second-order valence-electron chi connectivity index (χ2n) is 3.98. The molecule has 2 rings (SSSR count). The molecule has 1 aliphatic rings. The Balaban J connectivity index is 2.34. The molecule has 0 aliphatic carbocycles. The number of imide groups is 1. The topological polar surface area (TPSA) is 92.5 Å². The van der Waals surface area contributed by atoms with Crippen LogP contribution in [0.25, 0.3) is 0 Å². The van der Waals surface area contributed by atoms with Crippen LogP contribution in [-0.4, -0.2) is 22.7 Å². The summed E-state index contributed by atoms with van der Waals surface area (Å²) >= 11 is 0. The van der Waals surface area contributed by atoms with Crippen LogP contribution in [0.4, 0.5) is 4.79 Å². The highest BCUT2D eigenvalue weighted by atomic mass is 16.2. The van der Waals surface area contributed by atoms with Crippen LogP contribution in [0, 0.1) is 0 Å². The smallest absolute Gasteiger partial charge is 0.314 e. The van der Waals surface area contributed by atoms with Gasteiger partial charge in [-0.3, -0.25) is 14.5 Å². The van der Waals surface area contributed by atoms with Gasteiger partial charge in [0.2, 0.25) is 11.8 Å². The lowest BCUT2D eigenvalue weighted by molar-refractivity contribution is -0.141. The molecule has 4 amide bonds. The number of carbonyl (C=O) groups is 3. The number of urea groups is 1. The number of rotatable bonds is 3. The molecule has 0 aromatic heterocycles. The highest BCUT2D eigenvalue weighted by Crippen LogP contribution is 2.24. The summed E-state index contributed by atoms with van der Waals surface area (Å²) in [6, 6.07) is 7.99. The fraction of sp³-hybridized carbons (Fsp3) is 0.250. The molecule has 1 aliphatic heterocycles. The van der Waals surface area contributed by atoms with Gasteiger partial charge in [0, 0.05) is 12.8 Å². The standard InChI is InChI=1S/C12H13N3O3/c13-12(18)14-11(8-4-2-1-3-5-8)15-9(16)6-7-10(15)17/h1-5,11H,6-7H2,(H3,13,14,18). The van der Waals surface area contributed by atoms with Gasteiger partial charge < -0.3 is 11.1 Å². The average molecular weight is 247 g/mol. The molecule has 1 heterocycles. The first kappa shape index (κ1) is 12.1. The Morgan fingerprint density at radius 3 is 2.22 bits per heavy atom. The highest BCUT2D eigenvalue weighted by Gasteiger charge is 2.36. The molecule has 0 radical (unpaired) electrons. The Bertz CT molecular complexity index is 471. The normalized spacial score (nSPS) is 16.8. The number of primary amides is 1. The van der Waals surface area contributed by atoms with Crippen molar-refractivity contribution in [3.63, 3.8) is 0 Å². The first-order valence-electron chi connectivity index (χ1n) is 5.55. The number of hydrogen-bond donors (Lipinski definition) is 2. The van der Waals surface area contributed by atoms with Crippen LogP contribution in [0.5, 0.6) is 0 Å². The van der Waals surface area contributed by atoms with Crippen molar-refractivity contribution in [3.8, 4) is 0 Å². The predicted octanol–water partition coefficient (Wildman–Crippen LogP) is 0.502. The van der Waals surface area contributed by atoms with Crippen LogP contribution in [0.15, 0.2) is 30.3 Å². The van der Waals surface area contributed by atoms with Crippen molar-refractivity contribution in [1.29, 1.82) is 0 Å². The summed E-state index contributed by atoms with van der Waals surface area (Å²) in [5, 5.41) is 2.42. The van der Waals surface area contributed by atoms with E-state index in [4.69, 9.17) is 5.73 Å². The molecule has 1 atom stereocenters. The zero-order chi connectivity index (χ0) is 13.1. The maximum atomic E-state index is 11.7. The number of hydrogen-bond acceptors (Lipinski definition) is 3. The van der Waals surface area contributed by atoms with Crippen molar-refractivity contribution in [1.82, 2.24) is 10.2 Å². The van der Waals surface area contributed by atoms with Crippen molar-refractivity contribution >= 4 is 17.8 Å². The van der Waals surface area contributed by atoms with Gasteiger partial charge in [-0.25, -0.2) is 4.79 Å². The minimum absolute atomic E-state index is 0.169. The molecule has 0 saturated carbocycles. The summed E-state index contributed by atoms with van der Waals surface area (Å²) in [4.78, 5) is 35.5. The van der Waals surface area contributed by atoms with E-state index in [9.17, 15) is 14.4 Å². The van der Waals surface area contributed by atoms with E-state index in [-0.39, 0.29) is 24.7 Å². The molecule has 6 nitrogen and oxygen atoms in total. The second kappa shape index (κ2) is 4.87. The minimum Gasteiger partial charge on any atom is -0.352 e. The lowest BCUT2D eigenvalue weighted by Gasteiger charge is -2.26. The third kappa shape index (κ3) is 2.32. The van der Waals surface area contributed by atoms with Crippen LogP contribution in [0.1, 0.15) is 24.6 Å².